The van der Waals surface area contributed by atoms with Gasteiger partial charge in [-0.3, -0.25) is 19.8 Å². The van der Waals surface area contributed by atoms with E-state index in [9.17, 15) is 14.4 Å². The van der Waals surface area contributed by atoms with Crippen LogP contribution in [0.15, 0.2) is 46.9 Å². The molecule has 7 nitrogen and oxygen atoms in total. The van der Waals surface area contributed by atoms with Gasteiger partial charge < -0.3 is 10.6 Å². The molecule has 3 N–H and O–H groups in total. The van der Waals surface area contributed by atoms with E-state index in [1.165, 1.54) is 4.68 Å². The maximum Gasteiger partial charge on any atom is 0.328 e. The summed E-state index contributed by atoms with van der Waals surface area (Å²) in [5.74, 6) is -1.91. The van der Waals surface area contributed by atoms with E-state index in [2.05, 4.69) is 32.0 Å². The summed E-state index contributed by atoms with van der Waals surface area (Å²) in [5, 5.41) is 6.58. The predicted octanol–water partition coefficient (Wildman–Crippen LogP) is 4.46. The highest BCUT2D eigenvalue weighted by molar-refractivity contribution is 9.10. The van der Waals surface area contributed by atoms with Crippen molar-refractivity contribution in [3.05, 3.63) is 63.2 Å². The number of rotatable bonds is 5. The molecule has 0 saturated carbocycles. The zero-order chi connectivity index (χ0) is 22.7. The Labute approximate surface area is 193 Å². The van der Waals surface area contributed by atoms with Crippen LogP contribution in [0.5, 0.6) is 0 Å². The number of carbonyl (C=O) groups is 3. The van der Waals surface area contributed by atoms with Crippen LogP contribution in [0.2, 0.25) is 5.02 Å². The zero-order valence-corrected chi connectivity index (χ0v) is 19.6. The molecule has 162 valence electrons. The maximum absolute atomic E-state index is 13.0. The predicted molar refractivity (Wildman–Crippen MR) is 126 cm³/mol. The lowest BCUT2D eigenvalue weighted by Gasteiger charge is -2.13. The van der Waals surface area contributed by atoms with Gasteiger partial charge in [0.2, 0.25) is 0 Å². The topological polar surface area (TPSA) is 92.2 Å². The zero-order valence-electron chi connectivity index (χ0n) is 17.3. The van der Waals surface area contributed by atoms with Crippen molar-refractivity contribution < 1.29 is 14.4 Å². The fraction of sp³-hybridized carbons (Fsp3) is 0.227. The average molecular weight is 506 g/mol. The first kappa shape index (κ1) is 22.8. The Morgan fingerprint density at radius 2 is 1.81 bits per heavy atom. The highest BCUT2D eigenvalue weighted by Crippen LogP contribution is 2.25. The summed E-state index contributed by atoms with van der Waals surface area (Å²) in [7, 11) is 0. The van der Waals surface area contributed by atoms with Crippen molar-refractivity contribution in [3.63, 3.8) is 0 Å². The molecular weight excluding hydrogens is 484 g/mol. The van der Waals surface area contributed by atoms with E-state index in [4.69, 9.17) is 11.6 Å². The third-order valence-corrected chi connectivity index (χ3v) is 5.42. The van der Waals surface area contributed by atoms with Crippen molar-refractivity contribution >= 4 is 61.8 Å². The number of hydrogen-bond donors (Lipinski definition) is 3. The highest BCUT2D eigenvalue weighted by atomic mass is 79.9. The van der Waals surface area contributed by atoms with Gasteiger partial charge in [-0.2, -0.15) is 0 Å². The van der Waals surface area contributed by atoms with E-state index in [1.54, 1.807) is 36.4 Å². The van der Waals surface area contributed by atoms with Gasteiger partial charge in [0.15, 0.2) is 0 Å². The number of amides is 3. The van der Waals surface area contributed by atoms with E-state index in [0.29, 0.717) is 28.2 Å². The molecule has 0 aliphatic heterocycles. The van der Waals surface area contributed by atoms with Crippen LogP contribution in [0.25, 0.3) is 10.9 Å². The Balaban J connectivity index is 1.92. The molecule has 1 aromatic heterocycles. The van der Waals surface area contributed by atoms with Gasteiger partial charge in [-0.1, -0.05) is 47.4 Å². The molecule has 0 bridgehead atoms. The van der Waals surface area contributed by atoms with Gasteiger partial charge in [-0.05, 0) is 54.8 Å². The van der Waals surface area contributed by atoms with Crippen molar-refractivity contribution in [3.8, 4) is 0 Å². The summed E-state index contributed by atoms with van der Waals surface area (Å²) < 4.78 is 2.12. The first-order valence-electron chi connectivity index (χ1n) is 9.63. The minimum Gasteiger partial charge on any atom is -0.348 e. The van der Waals surface area contributed by atoms with Gasteiger partial charge in [-0.25, -0.2) is 4.68 Å². The van der Waals surface area contributed by atoms with Gasteiger partial charge >= 0.3 is 11.8 Å². The molecular formula is C22H22BrClN4O3. The van der Waals surface area contributed by atoms with Crippen LogP contribution in [-0.2, 0) is 9.59 Å². The number of fused-ring (bicyclic) bond motifs is 1. The molecule has 9 heteroatoms. The SMILES string of the molecule is Cc1ccc(NC(=O)c2cc3cc(Br)ccc3n2NC(=O)C(=O)NCC(C)C)cc1Cl. The smallest absolute Gasteiger partial charge is 0.328 e. The van der Waals surface area contributed by atoms with E-state index < -0.39 is 17.7 Å². The van der Waals surface area contributed by atoms with Gasteiger partial charge in [0.1, 0.15) is 5.69 Å². The minimum absolute atomic E-state index is 0.162. The van der Waals surface area contributed by atoms with Gasteiger partial charge in [-0.15, -0.1) is 0 Å². The molecule has 3 rings (SSSR count). The van der Waals surface area contributed by atoms with Crippen molar-refractivity contribution in [1.82, 2.24) is 9.99 Å². The molecule has 0 aliphatic rings. The molecule has 0 fully saturated rings. The molecule has 0 atom stereocenters. The average Bonchev–Trinajstić information content (AvgIpc) is 3.06. The lowest BCUT2D eigenvalue weighted by atomic mass is 10.2. The number of hydrogen-bond acceptors (Lipinski definition) is 3. The van der Waals surface area contributed by atoms with Gasteiger partial charge in [0, 0.05) is 27.1 Å². The lowest BCUT2D eigenvalue weighted by Crippen LogP contribution is -2.41. The molecule has 0 spiro atoms. The van der Waals surface area contributed by atoms with E-state index >= 15 is 0 Å². The number of aryl methyl sites for hydroxylation is 1. The fourth-order valence-corrected chi connectivity index (χ4v) is 3.43. The van der Waals surface area contributed by atoms with E-state index in [-0.39, 0.29) is 11.6 Å². The van der Waals surface area contributed by atoms with Crippen LogP contribution < -0.4 is 16.1 Å². The first-order valence-corrected chi connectivity index (χ1v) is 10.8. The summed E-state index contributed by atoms with van der Waals surface area (Å²) >= 11 is 9.55. The Morgan fingerprint density at radius 3 is 2.48 bits per heavy atom. The second-order valence-electron chi connectivity index (χ2n) is 7.53. The fourth-order valence-electron chi connectivity index (χ4n) is 2.87. The number of halogens is 2. The molecule has 0 unspecified atom stereocenters. The summed E-state index contributed by atoms with van der Waals surface area (Å²) in [6.07, 6.45) is 0. The third kappa shape index (κ3) is 5.45. The van der Waals surface area contributed by atoms with E-state index in [0.717, 1.165) is 10.0 Å². The van der Waals surface area contributed by atoms with Gasteiger partial charge in [0.05, 0.1) is 5.52 Å². The van der Waals surface area contributed by atoms with Crippen LogP contribution in [0, 0.1) is 12.8 Å². The van der Waals surface area contributed by atoms with Crippen LogP contribution in [0.4, 0.5) is 5.69 Å². The largest absolute Gasteiger partial charge is 0.348 e. The molecule has 3 amide bonds. The van der Waals surface area contributed by atoms with Crippen molar-refractivity contribution in [1.29, 1.82) is 0 Å². The van der Waals surface area contributed by atoms with Crippen molar-refractivity contribution in [2.45, 2.75) is 20.8 Å². The second-order valence-corrected chi connectivity index (χ2v) is 8.85. The number of nitrogens with one attached hydrogen (secondary N) is 3. The quantitative estimate of drug-likeness (QED) is 0.447. The van der Waals surface area contributed by atoms with E-state index in [1.807, 2.05) is 26.8 Å². The number of benzene rings is 2. The monoisotopic (exact) mass is 504 g/mol. The number of carbonyl (C=O) groups excluding carboxylic acids is 3. The Hall–Kier alpha value is -2.84. The van der Waals surface area contributed by atoms with Crippen LogP contribution in [0.3, 0.4) is 0 Å². The Kier molecular flexibility index (Phi) is 7.02. The van der Waals surface area contributed by atoms with Crippen LogP contribution in [0.1, 0.15) is 29.9 Å². The number of nitrogens with zero attached hydrogens (tertiary/aromatic N) is 1. The van der Waals surface area contributed by atoms with Gasteiger partial charge in [0.25, 0.3) is 5.91 Å². The van der Waals surface area contributed by atoms with Crippen molar-refractivity contribution in [2.24, 2.45) is 5.92 Å². The highest BCUT2D eigenvalue weighted by Gasteiger charge is 2.21. The minimum atomic E-state index is -0.867. The number of aromatic nitrogens is 1. The lowest BCUT2D eigenvalue weighted by molar-refractivity contribution is -0.136. The standard InChI is InChI=1S/C22H22BrClN4O3/c1-12(2)11-25-21(30)22(31)27-28-18-7-5-15(23)8-14(18)9-19(28)20(29)26-16-6-4-13(3)17(24)10-16/h4-10,12H,11H2,1-3H3,(H,25,30)(H,26,29)(H,27,31). The molecule has 1 heterocycles. The molecule has 31 heavy (non-hydrogen) atoms. The molecule has 0 radical (unpaired) electrons. The van der Waals surface area contributed by atoms with Crippen LogP contribution >= 0.6 is 27.5 Å². The van der Waals surface area contributed by atoms with Crippen LogP contribution in [-0.4, -0.2) is 28.9 Å². The molecule has 0 saturated heterocycles. The molecule has 2 aromatic carbocycles. The summed E-state index contributed by atoms with van der Waals surface area (Å²) in [4.78, 5) is 37.6. The summed E-state index contributed by atoms with van der Waals surface area (Å²) in [5.41, 5.74) is 4.66. The Morgan fingerprint density at radius 1 is 1.06 bits per heavy atom. The molecule has 0 aliphatic carbocycles. The molecule has 3 aromatic rings. The summed E-state index contributed by atoms with van der Waals surface area (Å²) in [6.45, 7) is 6.08. The summed E-state index contributed by atoms with van der Waals surface area (Å²) in [6, 6.07) is 12.2. The normalized spacial score (nSPS) is 10.9. The maximum atomic E-state index is 13.0. The first-order chi connectivity index (χ1) is 14.7. The number of anilines is 1. The second kappa shape index (κ2) is 9.53. The van der Waals surface area contributed by atoms with Crippen molar-refractivity contribution in [2.75, 3.05) is 17.3 Å². The third-order valence-electron chi connectivity index (χ3n) is 4.52. The Bertz CT molecular complexity index is 1170.